The molecule has 0 aromatic heterocycles. The zero-order valence-corrected chi connectivity index (χ0v) is 17.0. The highest BCUT2D eigenvalue weighted by molar-refractivity contribution is 7.89. The molecule has 0 saturated carbocycles. The number of amides is 1. The van der Waals surface area contributed by atoms with Gasteiger partial charge in [-0.2, -0.15) is 4.72 Å². The molecule has 1 aliphatic heterocycles. The number of carbonyl (C=O) groups is 1. The molecule has 2 aromatic rings. The molecular weight excluding hydrogens is 399 g/mol. The SMILES string of the molecule is CC(C)C(NS(=O)(=O)c1ccc2c(c1)OCCCO2)C(=O)Nc1cccc(F)c1. The van der Waals surface area contributed by atoms with Gasteiger partial charge in [0.05, 0.1) is 18.1 Å². The Hall–Kier alpha value is -2.65. The second-order valence-corrected chi connectivity index (χ2v) is 8.72. The van der Waals surface area contributed by atoms with Crippen LogP contribution in [0.3, 0.4) is 0 Å². The summed E-state index contributed by atoms with van der Waals surface area (Å²) in [5.41, 5.74) is 0.246. The maximum absolute atomic E-state index is 13.4. The van der Waals surface area contributed by atoms with Crippen molar-refractivity contribution in [3.8, 4) is 11.5 Å². The summed E-state index contributed by atoms with van der Waals surface area (Å²) in [6, 6.07) is 8.65. The van der Waals surface area contributed by atoms with Gasteiger partial charge in [0, 0.05) is 18.2 Å². The van der Waals surface area contributed by atoms with E-state index in [4.69, 9.17) is 9.47 Å². The van der Waals surface area contributed by atoms with Crippen LogP contribution < -0.4 is 19.5 Å². The molecule has 0 aliphatic carbocycles. The molecule has 2 aromatic carbocycles. The van der Waals surface area contributed by atoms with Crippen LogP contribution in [0.1, 0.15) is 20.3 Å². The molecule has 0 bridgehead atoms. The summed E-state index contributed by atoms with van der Waals surface area (Å²) in [5.74, 6) is -0.611. The third-order valence-electron chi connectivity index (χ3n) is 4.35. The summed E-state index contributed by atoms with van der Waals surface area (Å²) < 4.78 is 52.6. The molecule has 3 rings (SSSR count). The van der Waals surface area contributed by atoms with Gasteiger partial charge in [-0.05, 0) is 36.2 Å². The number of rotatable bonds is 6. The van der Waals surface area contributed by atoms with Gasteiger partial charge in [0.2, 0.25) is 15.9 Å². The fourth-order valence-corrected chi connectivity index (χ4v) is 4.18. The molecule has 0 radical (unpaired) electrons. The van der Waals surface area contributed by atoms with Gasteiger partial charge in [0.1, 0.15) is 11.9 Å². The van der Waals surface area contributed by atoms with Gasteiger partial charge >= 0.3 is 0 Å². The van der Waals surface area contributed by atoms with E-state index in [0.717, 1.165) is 6.07 Å². The zero-order chi connectivity index (χ0) is 21.0. The van der Waals surface area contributed by atoms with Gasteiger partial charge < -0.3 is 14.8 Å². The molecule has 2 N–H and O–H groups in total. The van der Waals surface area contributed by atoms with Crippen molar-refractivity contribution in [2.45, 2.75) is 31.2 Å². The number of ether oxygens (including phenoxy) is 2. The molecule has 1 unspecified atom stereocenters. The number of hydrogen-bond donors (Lipinski definition) is 2. The highest BCUT2D eigenvalue weighted by Gasteiger charge is 2.29. The summed E-state index contributed by atoms with van der Waals surface area (Å²) in [7, 11) is -4.02. The first-order valence-electron chi connectivity index (χ1n) is 9.25. The van der Waals surface area contributed by atoms with Gasteiger partial charge in [0.25, 0.3) is 0 Å². The van der Waals surface area contributed by atoms with Crippen LogP contribution in [0, 0.1) is 11.7 Å². The molecule has 9 heteroatoms. The maximum Gasteiger partial charge on any atom is 0.242 e. The normalized spacial score (nSPS) is 14.9. The molecule has 1 amide bonds. The summed E-state index contributed by atoms with van der Waals surface area (Å²) in [6.45, 7) is 4.35. The Morgan fingerprint density at radius 1 is 1.07 bits per heavy atom. The number of anilines is 1. The number of nitrogens with one attached hydrogen (secondary N) is 2. The van der Waals surface area contributed by atoms with Gasteiger partial charge in [-0.15, -0.1) is 0 Å². The molecule has 0 fully saturated rings. The maximum atomic E-state index is 13.4. The number of benzene rings is 2. The minimum Gasteiger partial charge on any atom is -0.490 e. The van der Waals surface area contributed by atoms with E-state index in [1.54, 1.807) is 13.8 Å². The van der Waals surface area contributed by atoms with Crippen LogP contribution in [0.15, 0.2) is 47.4 Å². The van der Waals surface area contributed by atoms with Crippen molar-refractivity contribution < 1.29 is 27.1 Å². The molecule has 0 saturated heterocycles. The lowest BCUT2D eigenvalue weighted by atomic mass is 10.0. The van der Waals surface area contributed by atoms with E-state index < -0.39 is 27.8 Å². The average Bonchev–Trinajstić information content (AvgIpc) is 2.90. The minimum absolute atomic E-state index is 0.0362. The van der Waals surface area contributed by atoms with Crippen molar-refractivity contribution in [2.24, 2.45) is 5.92 Å². The van der Waals surface area contributed by atoms with Gasteiger partial charge in [-0.3, -0.25) is 4.79 Å². The Morgan fingerprint density at radius 2 is 1.79 bits per heavy atom. The molecule has 1 atom stereocenters. The van der Waals surface area contributed by atoms with E-state index in [1.165, 1.54) is 36.4 Å². The number of carbonyl (C=O) groups excluding carboxylic acids is 1. The quantitative estimate of drug-likeness (QED) is 0.747. The van der Waals surface area contributed by atoms with Crippen LogP contribution in [0.25, 0.3) is 0 Å². The van der Waals surface area contributed by atoms with Crippen LogP contribution >= 0.6 is 0 Å². The van der Waals surface area contributed by atoms with Crippen LogP contribution in [-0.4, -0.2) is 33.6 Å². The lowest BCUT2D eigenvalue weighted by Gasteiger charge is -2.22. The van der Waals surface area contributed by atoms with Crippen LogP contribution in [-0.2, 0) is 14.8 Å². The van der Waals surface area contributed by atoms with Crippen molar-refractivity contribution in [1.82, 2.24) is 4.72 Å². The van der Waals surface area contributed by atoms with E-state index in [1.807, 2.05) is 0 Å². The minimum atomic E-state index is -4.02. The van der Waals surface area contributed by atoms with Crippen molar-refractivity contribution in [3.05, 3.63) is 48.3 Å². The van der Waals surface area contributed by atoms with E-state index >= 15 is 0 Å². The first kappa shape index (κ1) is 21.1. The molecule has 0 spiro atoms. The van der Waals surface area contributed by atoms with Crippen molar-refractivity contribution in [3.63, 3.8) is 0 Å². The first-order valence-corrected chi connectivity index (χ1v) is 10.7. The van der Waals surface area contributed by atoms with E-state index in [-0.39, 0.29) is 16.5 Å². The lowest BCUT2D eigenvalue weighted by molar-refractivity contribution is -0.118. The number of fused-ring (bicyclic) bond motifs is 1. The fraction of sp³-hybridized carbons (Fsp3) is 0.350. The van der Waals surface area contributed by atoms with Crippen LogP contribution in [0.4, 0.5) is 10.1 Å². The molecule has 7 nitrogen and oxygen atoms in total. The first-order chi connectivity index (χ1) is 13.8. The fourth-order valence-electron chi connectivity index (χ4n) is 2.82. The molecule has 156 valence electrons. The number of halogens is 1. The Labute approximate surface area is 169 Å². The Bertz CT molecular complexity index is 994. The number of hydrogen-bond acceptors (Lipinski definition) is 5. The van der Waals surface area contributed by atoms with Gasteiger partial charge in [0.15, 0.2) is 11.5 Å². The lowest BCUT2D eigenvalue weighted by Crippen LogP contribution is -2.47. The molecule has 1 aliphatic rings. The summed E-state index contributed by atoms with van der Waals surface area (Å²) in [5, 5.41) is 2.55. The largest absolute Gasteiger partial charge is 0.490 e. The standard InChI is InChI=1S/C20H23FN2O5S/c1-13(2)19(20(24)22-15-6-3-5-14(21)11-15)23-29(25,26)16-7-8-17-18(12-16)28-10-4-9-27-17/h3,5-8,11-13,19,23H,4,9-10H2,1-2H3,(H,22,24). The van der Waals surface area contributed by atoms with E-state index in [2.05, 4.69) is 10.0 Å². The molecule has 29 heavy (non-hydrogen) atoms. The monoisotopic (exact) mass is 422 g/mol. The predicted molar refractivity (Wildman–Crippen MR) is 106 cm³/mol. The summed E-state index contributed by atoms with van der Waals surface area (Å²) in [4.78, 5) is 12.6. The Balaban J connectivity index is 1.80. The van der Waals surface area contributed by atoms with Crippen molar-refractivity contribution >= 4 is 21.6 Å². The predicted octanol–water partition coefficient (Wildman–Crippen LogP) is 2.93. The van der Waals surface area contributed by atoms with Crippen molar-refractivity contribution in [1.29, 1.82) is 0 Å². The van der Waals surface area contributed by atoms with Gasteiger partial charge in [-0.25, -0.2) is 12.8 Å². The van der Waals surface area contributed by atoms with Crippen molar-refractivity contribution in [2.75, 3.05) is 18.5 Å². The zero-order valence-electron chi connectivity index (χ0n) is 16.1. The summed E-state index contributed by atoms with van der Waals surface area (Å²) >= 11 is 0. The van der Waals surface area contributed by atoms with E-state index in [0.29, 0.717) is 31.1 Å². The second-order valence-electron chi connectivity index (χ2n) is 7.00. The summed E-state index contributed by atoms with van der Waals surface area (Å²) in [6.07, 6.45) is 0.699. The van der Waals surface area contributed by atoms with Gasteiger partial charge in [-0.1, -0.05) is 19.9 Å². The average molecular weight is 422 g/mol. The Morgan fingerprint density at radius 3 is 2.48 bits per heavy atom. The highest BCUT2D eigenvalue weighted by Crippen LogP contribution is 2.32. The molecular formula is C20H23FN2O5S. The highest BCUT2D eigenvalue weighted by atomic mass is 32.2. The van der Waals surface area contributed by atoms with Crippen LogP contribution in [0.5, 0.6) is 11.5 Å². The second kappa shape index (κ2) is 8.79. The third kappa shape index (κ3) is 5.24. The number of sulfonamides is 1. The topological polar surface area (TPSA) is 93.7 Å². The smallest absolute Gasteiger partial charge is 0.242 e. The molecule has 1 heterocycles. The van der Waals surface area contributed by atoms with Crippen LogP contribution in [0.2, 0.25) is 0 Å². The third-order valence-corrected chi connectivity index (χ3v) is 5.79. The Kier molecular flexibility index (Phi) is 6.39. The van der Waals surface area contributed by atoms with E-state index in [9.17, 15) is 17.6 Å².